The number of nitrogens with zero attached hydrogens (tertiary/aromatic N) is 1. The molecule has 0 unspecified atom stereocenters. The van der Waals surface area contributed by atoms with Crippen LogP contribution in [0.5, 0.6) is 0 Å². The Morgan fingerprint density at radius 2 is 2.50 bits per heavy atom. The first-order valence-corrected chi connectivity index (χ1v) is 2.89. The Kier molecular flexibility index (Phi) is 1.69. The van der Waals surface area contributed by atoms with Gasteiger partial charge in [-0.15, -0.1) is 0 Å². The van der Waals surface area contributed by atoms with E-state index in [1.54, 1.807) is 0 Å². The van der Waals surface area contributed by atoms with Gasteiger partial charge in [0.15, 0.2) is 0 Å². The lowest BCUT2D eigenvalue weighted by Gasteiger charge is -2.17. The maximum absolute atomic E-state index is 3.20. The van der Waals surface area contributed by atoms with Crippen LogP contribution in [0.1, 0.15) is 13.3 Å². The zero-order valence-corrected chi connectivity index (χ0v) is 5.44. The van der Waals surface area contributed by atoms with Crippen LogP contribution in [0.15, 0.2) is 11.6 Å². The molecule has 2 radical (unpaired) electrons. The van der Waals surface area contributed by atoms with E-state index < -0.39 is 0 Å². The summed E-state index contributed by atoms with van der Waals surface area (Å²) >= 11 is 0. The van der Waals surface area contributed by atoms with Gasteiger partial charge in [0.1, 0.15) is 0 Å². The van der Waals surface area contributed by atoms with E-state index in [1.807, 2.05) is 7.05 Å². The van der Waals surface area contributed by atoms with Gasteiger partial charge in [-0.25, -0.2) is 0 Å². The number of hydrogen-bond acceptors (Lipinski definition) is 1. The first-order chi connectivity index (χ1) is 3.79. The van der Waals surface area contributed by atoms with E-state index in [2.05, 4.69) is 24.4 Å². The molecule has 0 fully saturated rings. The van der Waals surface area contributed by atoms with Crippen LogP contribution < -0.4 is 0 Å². The SMILES string of the molecule is CC1=CCN(C)[C]C1. The predicted molar refractivity (Wildman–Crippen MR) is 34.2 cm³/mol. The molecular formula is C7H11N. The predicted octanol–water partition coefficient (Wildman–Crippen LogP) is 1.31. The zero-order chi connectivity index (χ0) is 5.98. The van der Waals surface area contributed by atoms with Crippen LogP contribution in [0.4, 0.5) is 0 Å². The van der Waals surface area contributed by atoms with Crippen LogP contribution in [-0.4, -0.2) is 18.5 Å². The van der Waals surface area contributed by atoms with Crippen molar-refractivity contribution in [3.8, 4) is 0 Å². The summed E-state index contributed by atoms with van der Waals surface area (Å²) in [6, 6.07) is 0. The highest BCUT2D eigenvalue weighted by Crippen LogP contribution is 2.10. The second-order valence-electron chi connectivity index (χ2n) is 2.27. The fraction of sp³-hybridized carbons (Fsp3) is 0.571. The lowest BCUT2D eigenvalue weighted by molar-refractivity contribution is 0.427. The highest BCUT2D eigenvalue weighted by molar-refractivity contribution is 5.06. The molecule has 44 valence electrons. The van der Waals surface area contributed by atoms with Gasteiger partial charge in [0.05, 0.1) is 6.54 Å². The molecule has 0 N–H and O–H groups in total. The summed E-state index contributed by atoms with van der Waals surface area (Å²) in [6.07, 6.45) is 3.24. The molecule has 0 aromatic rings. The third kappa shape index (κ3) is 1.34. The number of rotatable bonds is 0. The Balaban J connectivity index is 2.42. The molecule has 0 saturated carbocycles. The Morgan fingerprint density at radius 1 is 1.75 bits per heavy atom. The minimum atomic E-state index is 1.01. The summed E-state index contributed by atoms with van der Waals surface area (Å²) < 4.78 is 0. The molecule has 1 aliphatic rings. The normalized spacial score (nSPS) is 23.0. The van der Waals surface area contributed by atoms with Crippen LogP contribution in [0.25, 0.3) is 0 Å². The fourth-order valence-corrected chi connectivity index (χ4v) is 0.689. The van der Waals surface area contributed by atoms with Crippen molar-refractivity contribution in [2.24, 2.45) is 0 Å². The number of hydrogen-bond donors (Lipinski definition) is 0. The van der Waals surface area contributed by atoms with Crippen LogP contribution in [0.3, 0.4) is 0 Å². The summed E-state index contributed by atoms with van der Waals surface area (Å²) in [6.45, 7) is 6.37. The highest BCUT2D eigenvalue weighted by atomic mass is 15.1. The van der Waals surface area contributed by atoms with Crippen LogP contribution in [-0.2, 0) is 0 Å². The van der Waals surface area contributed by atoms with Crippen molar-refractivity contribution < 1.29 is 0 Å². The Hall–Kier alpha value is -0.300. The van der Waals surface area contributed by atoms with E-state index in [1.165, 1.54) is 5.57 Å². The molecule has 1 nitrogen and oxygen atoms in total. The van der Waals surface area contributed by atoms with Crippen molar-refractivity contribution in [3.05, 3.63) is 18.2 Å². The summed E-state index contributed by atoms with van der Waals surface area (Å²) in [7, 11) is 2.04. The molecule has 0 atom stereocenters. The molecule has 0 bridgehead atoms. The first kappa shape index (κ1) is 5.83. The molecule has 0 aromatic carbocycles. The molecule has 0 amide bonds. The monoisotopic (exact) mass is 109 g/mol. The summed E-state index contributed by atoms with van der Waals surface area (Å²) in [4.78, 5) is 2.08. The zero-order valence-electron chi connectivity index (χ0n) is 5.44. The summed E-state index contributed by atoms with van der Waals surface area (Å²) in [5.74, 6) is 0. The minimum Gasteiger partial charge on any atom is -0.293 e. The van der Waals surface area contributed by atoms with Crippen LogP contribution >= 0.6 is 0 Å². The van der Waals surface area contributed by atoms with Gasteiger partial charge in [0.2, 0.25) is 0 Å². The number of likely N-dealkylation sites (N-methyl/N-ethyl adjacent to an activating group) is 1. The fourth-order valence-electron chi connectivity index (χ4n) is 0.689. The molecule has 8 heavy (non-hydrogen) atoms. The van der Waals surface area contributed by atoms with Crippen LogP contribution in [0.2, 0.25) is 0 Å². The molecule has 0 spiro atoms. The van der Waals surface area contributed by atoms with E-state index in [4.69, 9.17) is 0 Å². The van der Waals surface area contributed by atoms with Gasteiger partial charge in [-0.1, -0.05) is 11.6 Å². The smallest absolute Gasteiger partial charge is 0.0659 e. The molecule has 0 aromatic heterocycles. The van der Waals surface area contributed by atoms with E-state index in [0.29, 0.717) is 0 Å². The average Bonchev–Trinajstić information content (AvgIpc) is 1.77. The van der Waals surface area contributed by atoms with Gasteiger partial charge in [-0.05, 0) is 20.4 Å². The average molecular weight is 109 g/mol. The maximum Gasteiger partial charge on any atom is 0.0659 e. The molecule has 0 aliphatic carbocycles. The van der Waals surface area contributed by atoms with E-state index in [0.717, 1.165) is 13.0 Å². The molecule has 1 rings (SSSR count). The van der Waals surface area contributed by atoms with Gasteiger partial charge in [-0.3, -0.25) is 4.90 Å². The third-order valence-electron chi connectivity index (χ3n) is 1.34. The second-order valence-corrected chi connectivity index (χ2v) is 2.27. The standard InChI is InChI=1S/C7H11N/c1-7-3-5-8(2)6-4-7/h3H,4-5H2,1-2H3. The molecule has 0 saturated heterocycles. The van der Waals surface area contributed by atoms with E-state index >= 15 is 0 Å². The van der Waals surface area contributed by atoms with Crippen molar-refractivity contribution in [2.75, 3.05) is 13.6 Å². The second kappa shape index (κ2) is 2.31. The Labute approximate surface area is 51.0 Å². The molecule has 1 aliphatic heterocycles. The molecular weight excluding hydrogens is 98.1 g/mol. The van der Waals surface area contributed by atoms with Gasteiger partial charge < -0.3 is 0 Å². The van der Waals surface area contributed by atoms with Crippen molar-refractivity contribution in [2.45, 2.75) is 13.3 Å². The quantitative estimate of drug-likeness (QED) is 0.424. The Bertz CT molecular complexity index is 105. The van der Waals surface area contributed by atoms with Gasteiger partial charge >= 0.3 is 0 Å². The van der Waals surface area contributed by atoms with E-state index in [9.17, 15) is 0 Å². The molecule has 1 heteroatoms. The highest BCUT2D eigenvalue weighted by Gasteiger charge is 2.03. The first-order valence-electron chi connectivity index (χ1n) is 2.89. The minimum absolute atomic E-state index is 1.01. The third-order valence-corrected chi connectivity index (χ3v) is 1.34. The lowest BCUT2D eigenvalue weighted by atomic mass is 10.1. The summed E-state index contributed by atoms with van der Waals surface area (Å²) in [5.41, 5.74) is 1.43. The Morgan fingerprint density at radius 3 is 2.88 bits per heavy atom. The maximum atomic E-state index is 3.20. The van der Waals surface area contributed by atoms with Gasteiger partial charge in [0.25, 0.3) is 0 Å². The van der Waals surface area contributed by atoms with Crippen molar-refractivity contribution in [1.29, 1.82) is 0 Å². The van der Waals surface area contributed by atoms with Crippen molar-refractivity contribution in [1.82, 2.24) is 4.90 Å². The largest absolute Gasteiger partial charge is 0.293 e. The van der Waals surface area contributed by atoms with Crippen LogP contribution in [0, 0.1) is 6.54 Å². The van der Waals surface area contributed by atoms with Gasteiger partial charge in [0, 0.05) is 6.54 Å². The summed E-state index contributed by atoms with van der Waals surface area (Å²) in [5, 5.41) is 0. The van der Waals surface area contributed by atoms with Crippen molar-refractivity contribution >= 4 is 0 Å². The topological polar surface area (TPSA) is 3.24 Å². The van der Waals surface area contributed by atoms with Crippen molar-refractivity contribution in [3.63, 3.8) is 0 Å². The van der Waals surface area contributed by atoms with E-state index in [-0.39, 0.29) is 0 Å². The van der Waals surface area contributed by atoms with Gasteiger partial charge in [-0.2, -0.15) is 0 Å². The lowest BCUT2D eigenvalue weighted by Crippen LogP contribution is -2.18. The molecule has 1 heterocycles.